The third-order valence-corrected chi connectivity index (χ3v) is 4.95. The van der Waals surface area contributed by atoms with Crippen LogP contribution in [-0.4, -0.2) is 6.54 Å². The van der Waals surface area contributed by atoms with Gasteiger partial charge in [0.15, 0.2) is 0 Å². The molecule has 3 aromatic rings. The first-order chi connectivity index (χ1) is 13.1. The van der Waals surface area contributed by atoms with Gasteiger partial charge in [0.25, 0.3) is 0 Å². The Bertz CT molecular complexity index is 861. The second kappa shape index (κ2) is 9.80. The SMILES string of the molecule is Cc1ccc(COc2ccc(CNCCc3ccc(Cl)cc3Cl)cc2)cc1. The van der Waals surface area contributed by atoms with Gasteiger partial charge < -0.3 is 10.1 Å². The Balaban J connectivity index is 1.41. The van der Waals surface area contributed by atoms with Crippen molar-refractivity contribution in [2.75, 3.05) is 6.54 Å². The Morgan fingerprint density at radius 3 is 2.26 bits per heavy atom. The average molecular weight is 400 g/mol. The van der Waals surface area contributed by atoms with Crippen molar-refractivity contribution in [3.05, 3.63) is 99.0 Å². The second-order valence-electron chi connectivity index (χ2n) is 6.58. The molecular formula is C23H23Cl2NO. The Morgan fingerprint density at radius 2 is 1.56 bits per heavy atom. The average Bonchev–Trinajstić information content (AvgIpc) is 2.67. The fraction of sp³-hybridized carbons (Fsp3) is 0.217. The molecule has 0 fully saturated rings. The van der Waals surface area contributed by atoms with Crippen LogP contribution in [0.5, 0.6) is 5.75 Å². The van der Waals surface area contributed by atoms with E-state index in [4.69, 9.17) is 27.9 Å². The standard InChI is InChI=1S/C23H23Cl2NO/c1-17-2-4-19(5-3-17)16-27-22-10-6-18(7-11-22)15-26-13-12-20-8-9-21(24)14-23(20)25/h2-11,14,26H,12-13,15-16H2,1H3. The van der Waals surface area contributed by atoms with Crippen LogP contribution in [0, 0.1) is 6.92 Å². The largest absolute Gasteiger partial charge is 0.489 e. The molecular weight excluding hydrogens is 377 g/mol. The summed E-state index contributed by atoms with van der Waals surface area (Å²) in [5.74, 6) is 0.882. The van der Waals surface area contributed by atoms with Crippen molar-refractivity contribution in [1.29, 1.82) is 0 Å². The molecule has 1 N–H and O–H groups in total. The smallest absolute Gasteiger partial charge is 0.119 e. The molecule has 0 aliphatic heterocycles. The predicted octanol–water partition coefficient (Wildman–Crippen LogP) is 6.21. The molecule has 3 aromatic carbocycles. The summed E-state index contributed by atoms with van der Waals surface area (Å²) in [6, 6.07) is 22.2. The molecule has 0 atom stereocenters. The van der Waals surface area contributed by atoms with E-state index < -0.39 is 0 Å². The minimum atomic E-state index is 0.583. The van der Waals surface area contributed by atoms with E-state index in [0.29, 0.717) is 11.6 Å². The third kappa shape index (κ3) is 6.28. The Morgan fingerprint density at radius 1 is 0.852 bits per heavy atom. The highest BCUT2D eigenvalue weighted by molar-refractivity contribution is 6.35. The Hall–Kier alpha value is -2.00. The maximum Gasteiger partial charge on any atom is 0.119 e. The van der Waals surface area contributed by atoms with E-state index in [0.717, 1.165) is 35.8 Å². The van der Waals surface area contributed by atoms with Crippen molar-refractivity contribution in [3.63, 3.8) is 0 Å². The molecule has 0 aromatic heterocycles. The van der Waals surface area contributed by atoms with E-state index in [-0.39, 0.29) is 0 Å². The highest BCUT2D eigenvalue weighted by Crippen LogP contribution is 2.21. The fourth-order valence-corrected chi connectivity index (χ4v) is 3.24. The van der Waals surface area contributed by atoms with E-state index in [2.05, 4.69) is 48.6 Å². The molecule has 27 heavy (non-hydrogen) atoms. The first-order valence-electron chi connectivity index (χ1n) is 9.02. The molecule has 140 valence electrons. The molecule has 0 saturated carbocycles. The molecule has 0 aliphatic carbocycles. The molecule has 0 aliphatic rings. The van der Waals surface area contributed by atoms with Crippen LogP contribution in [-0.2, 0) is 19.6 Å². The fourth-order valence-electron chi connectivity index (χ4n) is 2.73. The summed E-state index contributed by atoms with van der Waals surface area (Å²) in [5.41, 5.74) is 4.76. The summed E-state index contributed by atoms with van der Waals surface area (Å²) in [7, 11) is 0. The third-order valence-electron chi connectivity index (χ3n) is 4.36. The van der Waals surface area contributed by atoms with Crippen LogP contribution in [0.25, 0.3) is 0 Å². The highest BCUT2D eigenvalue weighted by atomic mass is 35.5. The Kier molecular flexibility index (Phi) is 7.17. The van der Waals surface area contributed by atoms with Crippen molar-refractivity contribution in [2.45, 2.75) is 26.5 Å². The van der Waals surface area contributed by atoms with Crippen LogP contribution < -0.4 is 10.1 Å². The van der Waals surface area contributed by atoms with Gasteiger partial charge in [-0.15, -0.1) is 0 Å². The van der Waals surface area contributed by atoms with Gasteiger partial charge in [-0.05, 0) is 60.8 Å². The quantitative estimate of drug-likeness (QED) is 0.454. The van der Waals surface area contributed by atoms with Crippen LogP contribution >= 0.6 is 23.2 Å². The Labute approximate surface area is 171 Å². The lowest BCUT2D eigenvalue weighted by Gasteiger charge is -2.09. The zero-order chi connectivity index (χ0) is 19.1. The van der Waals surface area contributed by atoms with Gasteiger partial charge in [0, 0.05) is 16.6 Å². The molecule has 0 unspecified atom stereocenters. The summed E-state index contributed by atoms with van der Waals surface area (Å²) < 4.78 is 5.85. The first-order valence-corrected chi connectivity index (χ1v) is 9.78. The number of hydrogen-bond acceptors (Lipinski definition) is 2. The lowest BCUT2D eigenvalue weighted by atomic mass is 10.1. The molecule has 0 spiro atoms. The second-order valence-corrected chi connectivity index (χ2v) is 7.42. The van der Waals surface area contributed by atoms with E-state index in [1.54, 1.807) is 6.07 Å². The van der Waals surface area contributed by atoms with Crippen LogP contribution in [0.1, 0.15) is 22.3 Å². The predicted molar refractivity (Wildman–Crippen MR) is 114 cm³/mol. The number of aryl methyl sites for hydroxylation is 1. The monoisotopic (exact) mass is 399 g/mol. The maximum absolute atomic E-state index is 6.20. The van der Waals surface area contributed by atoms with Crippen LogP contribution in [0.3, 0.4) is 0 Å². The van der Waals surface area contributed by atoms with Crippen molar-refractivity contribution in [2.24, 2.45) is 0 Å². The topological polar surface area (TPSA) is 21.3 Å². The normalized spacial score (nSPS) is 10.8. The lowest BCUT2D eigenvalue weighted by molar-refractivity contribution is 0.306. The summed E-state index contributed by atoms with van der Waals surface area (Å²) >= 11 is 12.1. The molecule has 4 heteroatoms. The van der Waals surface area contributed by atoms with Gasteiger partial charge in [-0.1, -0.05) is 71.2 Å². The zero-order valence-corrected chi connectivity index (χ0v) is 16.9. The van der Waals surface area contributed by atoms with Gasteiger partial charge in [0.2, 0.25) is 0 Å². The molecule has 0 heterocycles. The van der Waals surface area contributed by atoms with Crippen molar-refractivity contribution in [1.82, 2.24) is 5.32 Å². The minimum Gasteiger partial charge on any atom is -0.489 e. The molecule has 0 bridgehead atoms. The lowest BCUT2D eigenvalue weighted by Crippen LogP contribution is -2.16. The van der Waals surface area contributed by atoms with Crippen molar-refractivity contribution < 1.29 is 4.74 Å². The van der Waals surface area contributed by atoms with E-state index >= 15 is 0 Å². The zero-order valence-electron chi connectivity index (χ0n) is 15.3. The highest BCUT2D eigenvalue weighted by Gasteiger charge is 2.02. The summed E-state index contributed by atoms with van der Waals surface area (Å²) in [6.07, 6.45) is 0.869. The van der Waals surface area contributed by atoms with E-state index in [1.165, 1.54) is 16.7 Å². The van der Waals surface area contributed by atoms with Crippen molar-refractivity contribution >= 4 is 23.2 Å². The van der Waals surface area contributed by atoms with Gasteiger partial charge in [-0.25, -0.2) is 0 Å². The maximum atomic E-state index is 6.20. The molecule has 3 rings (SSSR count). The van der Waals surface area contributed by atoms with Crippen LogP contribution in [0.15, 0.2) is 66.7 Å². The summed E-state index contributed by atoms with van der Waals surface area (Å²) in [4.78, 5) is 0. The summed E-state index contributed by atoms with van der Waals surface area (Å²) in [5, 5.41) is 4.83. The number of benzene rings is 3. The number of nitrogens with one attached hydrogen (secondary N) is 1. The van der Waals surface area contributed by atoms with E-state index in [9.17, 15) is 0 Å². The van der Waals surface area contributed by atoms with Crippen molar-refractivity contribution in [3.8, 4) is 5.75 Å². The first kappa shape index (κ1) is 19.8. The number of halogens is 2. The molecule has 2 nitrogen and oxygen atoms in total. The number of ether oxygens (including phenoxy) is 1. The van der Waals surface area contributed by atoms with Crippen LogP contribution in [0.4, 0.5) is 0 Å². The molecule has 0 radical (unpaired) electrons. The van der Waals surface area contributed by atoms with Crippen LogP contribution in [0.2, 0.25) is 10.0 Å². The number of hydrogen-bond donors (Lipinski definition) is 1. The molecule has 0 amide bonds. The van der Waals surface area contributed by atoms with Gasteiger partial charge >= 0.3 is 0 Å². The van der Waals surface area contributed by atoms with Gasteiger partial charge in [-0.2, -0.15) is 0 Å². The number of rotatable bonds is 8. The van der Waals surface area contributed by atoms with Gasteiger partial charge in [0.1, 0.15) is 12.4 Å². The van der Waals surface area contributed by atoms with Gasteiger partial charge in [-0.3, -0.25) is 0 Å². The minimum absolute atomic E-state index is 0.583. The molecule has 0 saturated heterocycles. The summed E-state index contributed by atoms with van der Waals surface area (Å²) in [6.45, 7) is 4.33. The van der Waals surface area contributed by atoms with E-state index in [1.807, 2.05) is 24.3 Å². The van der Waals surface area contributed by atoms with Gasteiger partial charge in [0.05, 0.1) is 0 Å².